The number of esters is 3. The Morgan fingerprint density at radius 1 is 0.303 bits per heavy atom. The van der Waals surface area contributed by atoms with Crippen molar-refractivity contribution in [2.75, 3.05) is 13.2 Å². The van der Waals surface area contributed by atoms with Gasteiger partial charge in [0.25, 0.3) is 0 Å². The Hall–Kier alpha value is -2.63. The molecule has 0 radical (unpaired) electrons. The molecule has 0 aromatic rings. The van der Waals surface area contributed by atoms with Gasteiger partial charge in [0.1, 0.15) is 13.2 Å². The van der Waals surface area contributed by atoms with E-state index >= 15 is 0 Å². The van der Waals surface area contributed by atoms with E-state index in [-0.39, 0.29) is 31.1 Å². The first kappa shape index (κ1) is 63.4. The van der Waals surface area contributed by atoms with Crippen LogP contribution in [0.1, 0.15) is 297 Å². The molecule has 0 amide bonds. The van der Waals surface area contributed by atoms with Gasteiger partial charge in [-0.3, -0.25) is 14.4 Å². The third-order valence-electron chi connectivity index (χ3n) is 12.6. The standard InChI is InChI=1S/C60H108O6/c1-4-7-10-13-16-19-22-25-27-29-31-32-35-38-41-44-47-50-53-59(62)65-56-57(55-64-58(61)52-49-46-43-40-37-34-24-21-18-15-12-9-6-3)66-60(63)54-51-48-45-42-39-36-33-30-28-26-23-20-17-14-11-8-5-2/h22,25,27,29,31-32,34,37,57H,4-21,23-24,26,28,30,33,35-36,38-56H2,1-3H3/b25-22-,29-27-,32-31-,37-34-. The summed E-state index contributed by atoms with van der Waals surface area (Å²) in [6, 6.07) is 0. The van der Waals surface area contributed by atoms with Crippen molar-refractivity contribution >= 4 is 17.9 Å². The molecule has 0 aromatic carbocycles. The molecule has 1 unspecified atom stereocenters. The molecule has 0 fully saturated rings. The van der Waals surface area contributed by atoms with Crippen molar-refractivity contribution in [1.82, 2.24) is 0 Å². The van der Waals surface area contributed by atoms with Gasteiger partial charge < -0.3 is 14.2 Å². The topological polar surface area (TPSA) is 78.9 Å². The number of rotatable bonds is 52. The molecule has 0 aliphatic heterocycles. The second-order valence-electron chi connectivity index (χ2n) is 19.3. The molecule has 66 heavy (non-hydrogen) atoms. The number of hydrogen-bond acceptors (Lipinski definition) is 6. The maximum atomic E-state index is 12.8. The highest BCUT2D eigenvalue weighted by molar-refractivity contribution is 5.71. The molecular weight excluding hydrogens is 817 g/mol. The lowest BCUT2D eigenvalue weighted by atomic mass is 10.0. The van der Waals surface area contributed by atoms with E-state index in [0.29, 0.717) is 19.3 Å². The quantitative estimate of drug-likeness (QED) is 0.0199. The lowest BCUT2D eigenvalue weighted by molar-refractivity contribution is -0.167. The summed E-state index contributed by atoms with van der Waals surface area (Å²) in [6.45, 7) is 6.62. The second-order valence-corrected chi connectivity index (χ2v) is 19.3. The van der Waals surface area contributed by atoms with Crippen LogP contribution in [-0.2, 0) is 28.6 Å². The summed E-state index contributed by atoms with van der Waals surface area (Å²) in [5.74, 6) is -0.905. The smallest absolute Gasteiger partial charge is 0.306 e. The fourth-order valence-electron chi connectivity index (χ4n) is 8.26. The molecule has 0 saturated carbocycles. The summed E-state index contributed by atoms with van der Waals surface area (Å²) in [4.78, 5) is 38.1. The minimum Gasteiger partial charge on any atom is -0.462 e. The number of carbonyl (C=O) groups is 3. The molecule has 0 aliphatic carbocycles. The molecule has 6 nitrogen and oxygen atoms in total. The Labute approximate surface area is 409 Å². The number of unbranched alkanes of at least 4 members (excludes halogenated alkanes) is 35. The lowest BCUT2D eigenvalue weighted by Gasteiger charge is -2.18. The maximum Gasteiger partial charge on any atom is 0.306 e. The molecule has 0 aliphatic rings. The molecule has 0 N–H and O–H groups in total. The van der Waals surface area contributed by atoms with Gasteiger partial charge in [0, 0.05) is 19.3 Å². The fourth-order valence-corrected chi connectivity index (χ4v) is 8.26. The molecular formula is C60H108O6. The lowest BCUT2D eigenvalue weighted by Crippen LogP contribution is -2.30. The Kier molecular flexibility index (Phi) is 52.8. The van der Waals surface area contributed by atoms with Crippen LogP contribution in [0.25, 0.3) is 0 Å². The van der Waals surface area contributed by atoms with Crippen molar-refractivity contribution in [1.29, 1.82) is 0 Å². The second kappa shape index (κ2) is 55.0. The summed E-state index contributed by atoms with van der Waals surface area (Å²) in [6.07, 6.45) is 66.7. The molecule has 0 saturated heterocycles. The van der Waals surface area contributed by atoms with E-state index in [2.05, 4.69) is 69.4 Å². The summed E-state index contributed by atoms with van der Waals surface area (Å²) < 4.78 is 16.8. The van der Waals surface area contributed by atoms with Gasteiger partial charge in [0.15, 0.2) is 6.10 Å². The van der Waals surface area contributed by atoms with E-state index in [4.69, 9.17) is 14.2 Å². The zero-order valence-corrected chi connectivity index (χ0v) is 44.0. The summed E-state index contributed by atoms with van der Waals surface area (Å²) in [5.41, 5.74) is 0. The van der Waals surface area contributed by atoms with Crippen LogP contribution < -0.4 is 0 Å². The number of carbonyl (C=O) groups excluding carboxylic acids is 3. The zero-order valence-electron chi connectivity index (χ0n) is 44.0. The first-order chi connectivity index (χ1) is 32.5. The van der Waals surface area contributed by atoms with Crippen molar-refractivity contribution < 1.29 is 28.6 Å². The fraction of sp³-hybridized carbons (Fsp3) is 0.817. The third-order valence-corrected chi connectivity index (χ3v) is 12.6. The summed E-state index contributed by atoms with van der Waals surface area (Å²) in [7, 11) is 0. The summed E-state index contributed by atoms with van der Waals surface area (Å²) in [5, 5.41) is 0. The van der Waals surface area contributed by atoms with Crippen LogP contribution in [-0.4, -0.2) is 37.2 Å². The van der Waals surface area contributed by atoms with E-state index in [9.17, 15) is 14.4 Å². The summed E-state index contributed by atoms with van der Waals surface area (Å²) >= 11 is 0. The molecule has 0 rings (SSSR count). The van der Waals surface area contributed by atoms with E-state index in [0.717, 1.165) is 89.9 Å². The van der Waals surface area contributed by atoms with Crippen LogP contribution in [0, 0.1) is 0 Å². The van der Waals surface area contributed by atoms with Gasteiger partial charge in [-0.2, -0.15) is 0 Å². The van der Waals surface area contributed by atoms with E-state index in [1.165, 1.54) is 167 Å². The molecule has 0 bridgehead atoms. The average molecular weight is 926 g/mol. The van der Waals surface area contributed by atoms with Gasteiger partial charge in [-0.15, -0.1) is 0 Å². The molecule has 0 heterocycles. The van der Waals surface area contributed by atoms with Crippen molar-refractivity contribution in [3.05, 3.63) is 48.6 Å². The third kappa shape index (κ3) is 52.3. The predicted molar refractivity (Wildman–Crippen MR) is 284 cm³/mol. The first-order valence-electron chi connectivity index (χ1n) is 28.7. The largest absolute Gasteiger partial charge is 0.462 e. The number of ether oxygens (including phenoxy) is 3. The normalized spacial score (nSPS) is 12.3. The minimum absolute atomic E-state index is 0.0851. The Morgan fingerprint density at radius 2 is 0.561 bits per heavy atom. The molecule has 6 heteroatoms. The molecule has 384 valence electrons. The highest BCUT2D eigenvalue weighted by atomic mass is 16.6. The van der Waals surface area contributed by atoms with Crippen LogP contribution in [0.5, 0.6) is 0 Å². The zero-order chi connectivity index (χ0) is 47.9. The highest BCUT2D eigenvalue weighted by Gasteiger charge is 2.19. The van der Waals surface area contributed by atoms with Gasteiger partial charge in [-0.25, -0.2) is 0 Å². The van der Waals surface area contributed by atoms with Crippen LogP contribution in [0.2, 0.25) is 0 Å². The number of allylic oxidation sites excluding steroid dienone is 8. The van der Waals surface area contributed by atoms with Crippen LogP contribution in [0.4, 0.5) is 0 Å². The Bertz CT molecular complexity index is 1150. The van der Waals surface area contributed by atoms with Crippen molar-refractivity contribution in [3.8, 4) is 0 Å². The number of hydrogen-bond donors (Lipinski definition) is 0. The van der Waals surface area contributed by atoms with Crippen LogP contribution in [0.3, 0.4) is 0 Å². The van der Waals surface area contributed by atoms with Crippen LogP contribution in [0.15, 0.2) is 48.6 Å². The van der Waals surface area contributed by atoms with Gasteiger partial charge in [0.05, 0.1) is 0 Å². The monoisotopic (exact) mass is 925 g/mol. The minimum atomic E-state index is -0.785. The van der Waals surface area contributed by atoms with Crippen molar-refractivity contribution in [2.24, 2.45) is 0 Å². The van der Waals surface area contributed by atoms with E-state index in [1.54, 1.807) is 0 Å². The van der Waals surface area contributed by atoms with Gasteiger partial charge in [-0.05, 0) is 70.6 Å². The molecule has 1 atom stereocenters. The highest BCUT2D eigenvalue weighted by Crippen LogP contribution is 2.16. The SMILES string of the molecule is CCCCCCC\C=C/C=C\C=C/CCCCCCCC(=O)OCC(COC(=O)CCCCC/C=C\CCCCCCCC)OC(=O)CCCCCCCCCCCCCCCCCCC. The molecule has 0 aromatic heterocycles. The van der Waals surface area contributed by atoms with E-state index in [1.807, 2.05) is 0 Å². The van der Waals surface area contributed by atoms with Crippen LogP contribution >= 0.6 is 0 Å². The van der Waals surface area contributed by atoms with Crippen molar-refractivity contribution in [3.63, 3.8) is 0 Å². The van der Waals surface area contributed by atoms with E-state index < -0.39 is 6.10 Å². The van der Waals surface area contributed by atoms with Crippen molar-refractivity contribution in [2.45, 2.75) is 303 Å². The van der Waals surface area contributed by atoms with Gasteiger partial charge in [-0.1, -0.05) is 256 Å². The molecule has 0 spiro atoms. The van der Waals surface area contributed by atoms with Gasteiger partial charge in [0.2, 0.25) is 0 Å². The Morgan fingerprint density at radius 3 is 0.894 bits per heavy atom. The average Bonchev–Trinajstić information content (AvgIpc) is 3.31. The predicted octanol–water partition coefficient (Wildman–Crippen LogP) is 19.0. The maximum absolute atomic E-state index is 12.8. The van der Waals surface area contributed by atoms with Gasteiger partial charge >= 0.3 is 17.9 Å². The first-order valence-corrected chi connectivity index (χ1v) is 28.7. The Balaban J connectivity index is 4.39.